The molecule has 1 N–H and O–H groups in total. The molecule has 3 heterocycles. The standard InChI is InChI=1S/C22H23N5O3/c28-20(7-6-19-25-21(26-30-19)16-8-12-23-13-9-16)27-14-10-18(11-15-27)24-22(29)17-4-2-1-3-5-17/h1-5,8-9,12-13,18H,6-7,10-11,14-15H2,(H,24,29). The number of hydrogen-bond acceptors (Lipinski definition) is 6. The summed E-state index contributed by atoms with van der Waals surface area (Å²) in [5, 5.41) is 7.02. The number of nitrogens with zero attached hydrogens (tertiary/aromatic N) is 4. The molecule has 4 rings (SSSR count). The molecule has 1 aliphatic rings. The van der Waals surface area contributed by atoms with Crippen LogP contribution in [0.1, 0.15) is 35.5 Å². The van der Waals surface area contributed by atoms with Crippen molar-refractivity contribution in [1.82, 2.24) is 25.3 Å². The highest BCUT2D eigenvalue weighted by Crippen LogP contribution is 2.16. The van der Waals surface area contributed by atoms with Crippen molar-refractivity contribution in [2.24, 2.45) is 0 Å². The summed E-state index contributed by atoms with van der Waals surface area (Å²) in [7, 11) is 0. The third-order valence-corrected chi connectivity index (χ3v) is 5.18. The zero-order valence-electron chi connectivity index (χ0n) is 16.5. The van der Waals surface area contributed by atoms with Crippen molar-refractivity contribution < 1.29 is 14.1 Å². The number of likely N-dealkylation sites (tertiary alicyclic amines) is 1. The number of amides is 2. The molecule has 0 bridgehead atoms. The average molecular weight is 405 g/mol. The van der Waals surface area contributed by atoms with Crippen molar-refractivity contribution in [3.05, 3.63) is 66.3 Å². The summed E-state index contributed by atoms with van der Waals surface area (Å²) >= 11 is 0. The molecular formula is C22H23N5O3. The van der Waals surface area contributed by atoms with E-state index in [0.29, 0.717) is 43.2 Å². The molecule has 8 nitrogen and oxygen atoms in total. The van der Waals surface area contributed by atoms with Gasteiger partial charge in [-0.3, -0.25) is 14.6 Å². The van der Waals surface area contributed by atoms with Crippen LogP contribution in [-0.2, 0) is 11.2 Å². The molecule has 0 radical (unpaired) electrons. The fourth-order valence-corrected chi connectivity index (χ4v) is 3.48. The minimum Gasteiger partial charge on any atom is -0.349 e. The summed E-state index contributed by atoms with van der Waals surface area (Å²) in [5.41, 5.74) is 1.48. The molecule has 0 unspecified atom stereocenters. The van der Waals surface area contributed by atoms with Gasteiger partial charge in [0.1, 0.15) is 0 Å². The first kappa shape index (κ1) is 19.8. The van der Waals surface area contributed by atoms with Crippen LogP contribution in [0.25, 0.3) is 11.4 Å². The van der Waals surface area contributed by atoms with Crippen LogP contribution in [0.4, 0.5) is 0 Å². The highest BCUT2D eigenvalue weighted by molar-refractivity contribution is 5.94. The summed E-state index contributed by atoms with van der Waals surface area (Å²) in [4.78, 5) is 35.0. The maximum Gasteiger partial charge on any atom is 0.251 e. The molecule has 0 aliphatic carbocycles. The molecule has 0 spiro atoms. The molecule has 1 fully saturated rings. The van der Waals surface area contributed by atoms with Crippen molar-refractivity contribution in [2.75, 3.05) is 13.1 Å². The van der Waals surface area contributed by atoms with Crippen LogP contribution in [0, 0.1) is 0 Å². The van der Waals surface area contributed by atoms with E-state index in [4.69, 9.17) is 4.52 Å². The molecule has 8 heteroatoms. The van der Waals surface area contributed by atoms with Gasteiger partial charge in [0.15, 0.2) is 0 Å². The van der Waals surface area contributed by atoms with Gasteiger partial charge in [0.25, 0.3) is 5.91 Å². The minimum atomic E-state index is -0.0678. The molecule has 2 aromatic heterocycles. The van der Waals surface area contributed by atoms with E-state index >= 15 is 0 Å². The lowest BCUT2D eigenvalue weighted by Crippen LogP contribution is -2.46. The van der Waals surface area contributed by atoms with E-state index < -0.39 is 0 Å². The zero-order chi connectivity index (χ0) is 20.8. The van der Waals surface area contributed by atoms with Crippen molar-refractivity contribution in [2.45, 2.75) is 31.7 Å². The monoisotopic (exact) mass is 405 g/mol. The number of carbonyl (C=O) groups excluding carboxylic acids is 2. The lowest BCUT2D eigenvalue weighted by Gasteiger charge is -2.32. The second-order valence-corrected chi connectivity index (χ2v) is 7.24. The maximum absolute atomic E-state index is 12.5. The van der Waals surface area contributed by atoms with Crippen LogP contribution in [0.5, 0.6) is 0 Å². The van der Waals surface area contributed by atoms with Gasteiger partial charge in [-0.1, -0.05) is 23.4 Å². The SMILES string of the molecule is O=C(NC1CCN(C(=O)CCc2nc(-c3ccncc3)no2)CC1)c1ccccc1. The van der Waals surface area contributed by atoms with E-state index in [-0.39, 0.29) is 17.9 Å². The average Bonchev–Trinajstić information content (AvgIpc) is 3.28. The first-order valence-corrected chi connectivity index (χ1v) is 10.1. The molecular weight excluding hydrogens is 382 g/mol. The lowest BCUT2D eigenvalue weighted by atomic mass is 10.0. The van der Waals surface area contributed by atoms with E-state index in [1.807, 2.05) is 23.1 Å². The number of hydrogen-bond donors (Lipinski definition) is 1. The van der Waals surface area contributed by atoms with Gasteiger partial charge < -0.3 is 14.7 Å². The van der Waals surface area contributed by atoms with Gasteiger partial charge in [-0.15, -0.1) is 0 Å². The molecule has 30 heavy (non-hydrogen) atoms. The summed E-state index contributed by atoms with van der Waals surface area (Å²) in [6.45, 7) is 1.26. The smallest absolute Gasteiger partial charge is 0.251 e. The first-order chi connectivity index (χ1) is 14.7. The van der Waals surface area contributed by atoms with Crippen LogP contribution in [-0.4, -0.2) is 51.0 Å². The molecule has 0 saturated carbocycles. The summed E-state index contributed by atoms with van der Waals surface area (Å²) in [5.74, 6) is 0.934. The number of nitrogens with one attached hydrogen (secondary N) is 1. The summed E-state index contributed by atoms with van der Waals surface area (Å²) in [6, 6.07) is 12.9. The molecule has 0 atom stereocenters. The van der Waals surface area contributed by atoms with E-state index in [0.717, 1.165) is 18.4 Å². The Labute approximate surface area is 174 Å². The Balaban J connectivity index is 1.22. The van der Waals surface area contributed by atoms with Crippen LogP contribution < -0.4 is 5.32 Å². The second-order valence-electron chi connectivity index (χ2n) is 7.24. The topological polar surface area (TPSA) is 101 Å². The Morgan fingerprint density at radius 1 is 1.07 bits per heavy atom. The van der Waals surface area contributed by atoms with Gasteiger partial charge in [0.05, 0.1) is 0 Å². The molecule has 2 amide bonds. The highest BCUT2D eigenvalue weighted by Gasteiger charge is 2.24. The number of pyridine rings is 1. The lowest BCUT2D eigenvalue weighted by molar-refractivity contribution is -0.132. The number of aryl methyl sites for hydroxylation is 1. The van der Waals surface area contributed by atoms with Gasteiger partial charge in [-0.05, 0) is 37.1 Å². The molecule has 3 aromatic rings. The normalized spacial score (nSPS) is 14.5. The fraction of sp³-hybridized carbons (Fsp3) is 0.318. The van der Waals surface area contributed by atoms with Gasteiger partial charge >= 0.3 is 0 Å². The number of benzene rings is 1. The van der Waals surface area contributed by atoms with Crippen LogP contribution in [0.15, 0.2) is 59.4 Å². The maximum atomic E-state index is 12.5. The second kappa shape index (κ2) is 9.30. The third kappa shape index (κ3) is 4.89. The van der Waals surface area contributed by atoms with E-state index in [1.54, 1.807) is 36.7 Å². The van der Waals surface area contributed by atoms with E-state index in [9.17, 15) is 9.59 Å². The number of carbonyl (C=O) groups is 2. The summed E-state index contributed by atoms with van der Waals surface area (Å²) < 4.78 is 5.26. The van der Waals surface area contributed by atoms with Crippen molar-refractivity contribution in [1.29, 1.82) is 0 Å². The molecule has 154 valence electrons. The largest absolute Gasteiger partial charge is 0.349 e. The molecule has 1 aliphatic heterocycles. The van der Waals surface area contributed by atoms with E-state index in [2.05, 4.69) is 20.4 Å². The third-order valence-electron chi connectivity index (χ3n) is 5.18. The minimum absolute atomic E-state index is 0.0616. The van der Waals surface area contributed by atoms with Crippen molar-refractivity contribution >= 4 is 11.8 Å². The van der Waals surface area contributed by atoms with Gasteiger partial charge in [-0.25, -0.2) is 0 Å². The van der Waals surface area contributed by atoms with Crippen LogP contribution in [0.3, 0.4) is 0 Å². The highest BCUT2D eigenvalue weighted by atomic mass is 16.5. The quantitative estimate of drug-likeness (QED) is 0.676. The number of piperidine rings is 1. The zero-order valence-corrected chi connectivity index (χ0v) is 16.5. The Bertz CT molecular complexity index is 982. The Hall–Kier alpha value is -3.55. The Morgan fingerprint density at radius 2 is 1.80 bits per heavy atom. The molecule has 1 aromatic carbocycles. The Morgan fingerprint density at radius 3 is 2.53 bits per heavy atom. The van der Waals surface area contributed by atoms with Gasteiger partial charge in [-0.2, -0.15) is 4.98 Å². The first-order valence-electron chi connectivity index (χ1n) is 10.1. The van der Waals surface area contributed by atoms with Gasteiger partial charge in [0, 0.05) is 55.5 Å². The predicted octanol–water partition coefficient (Wildman–Crippen LogP) is 2.49. The fourth-order valence-electron chi connectivity index (χ4n) is 3.48. The predicted molar refractivity (Wildman–Crippen MR) is 109 cm³/mol. The molecule has 1 saturated heterocycles. The van der Waals surface area contributed by atoms with Crippen molar-refractivity contribution in [3.8, 4) is 11.4 Å². The van der Waals surface area contributed by atoms with E-state index in [1.165, 1.54) is 0 Å². The van der Waals surface area contributed by atoms with Crippen LogP contribution >= 0.6 is 0 Å². The van der Waals surface area contributed by atoms with Crippen LogP contribution in [0.2, 0.25) is 0 Å². The van der Waals surface area contributed by atoms with Crippen molar-refractivity contribution in [3.63, 3.8) is 0 Å². The Kier molecular flexibility index (Phi) is 6.12. The van der Waals surface area contributed by atoms with Gasteiger partial charge in [0.2, 0.25) is 17.6 Å². The number of rotatable bonds is 6. The number of aromatic nitrogens is 3. The summed E-state index contributed by atoms with van der Waals surface area (Å²) in [6.07, 6.45) is 5.55.